The molecule has 0 aliphatic heterocycles. The van der Waals surface area contributed by atoms with Gasteiger partial charge in [-0.2, -0.15) is 0 Å². The summed E-state index contributed by atoms with van der Waals surface area (Å²) < 4.78 is 32.8. The highest BCUT2D eigenvalue weighted by atomic mass is 32.2. The fourth-order valence-electron chi connectivity index (χ4n) is 2.55. The Bertz CT molecular complexity index is 964. The summed E-state index contributed by atoms with van der Waals surface area (Å²) >= 11 is 0. The van der Waals surface area contributed by atoms with E-state index in [-0.39, 0.29) is 16.4 Å². The zero-order chi connectivity index (χ0) is 21.1. The minimum absolute atomic E-state index is 0.0197. The highest BCUT2D eigenvalue weighted by Gasteiger charge is 2.24. The summed E-state index contributed by atoms with van der Waals surface area (Å²) in [5, 5.41) is 11.5. The van der Waals surface area contributed by atoms with Gasteiger partial charge in [-0.15, -0.1) is 0 Å². The van der Waals surface area contributed by atoms with Gasteiger partial charge in [0.2, 0.25) is 10.0 Å². The number of aromatic nitrogens is 1. The van der Waals surface area contributed by atoms with Crippen LogP contribution in [0.3, 0.4) is 0 Å². The van der Waals surface area contributed by atoms with Gasteiger partial charge in [-0.05, 0) is 31.5 Å². The average molecular weight is 409 g/mol. The van der Waals surface area contributed by atoms with E-state index >= 15 is 0 Å². The van der Waals surface area contributed by atoms with Gasteiger partial charge < -0.3 is 14.6 Å². The van der Waals surface area contributed by atoms with Crippen molar-refractivity contribution in [1.82, 2.24) is 10.5 Å². The summed E-state index contributed by atoms with van der Waals surface area (Å²) in [6.45, 7) is 6.57. The first-order chi connectivity index (χ1) is 13.0. The molecule has 1 aromatic heterocycles. The number of nitrogens with one attached hydrogen (secondary N) is 1. The van der Waals surface area contributed by atoms with Crippen molar-refractivity contribution in [3.05, 3.63) is 46.8 Å². The maximum atomic E-state index is 12.3. The van der Waals surface area contributed by atoms with Crippen molar-refractivity contribution in [2.75, 3.05) is 6.61 Å². The Hall–Kier alpha value is -2.72. The Morgan fingerprint density at radius 1 is 1.21 bits per heavy atom. The quantitative estimate of drug-likeness (QED) is 0.664. The largest absolute Gasteiger partial charge is 0.452 e. The predicted molar refractivity (Wildman–Crippen MR) is 100.0 cm³/mol. The molecule has 1 amide bonds. The van der Waals surface area contributed by atoms with Crippen LogP contribution in [0.2, 0.25) is 0 Å². The molecule has 0 aliphatic rings. The van der Waals surface area contributed by atoms with Gasteiger partial charge >= 0.3 is 5.97 Å². The Kier molecular flexibility index (Phi) is 6.57. The molecular formula is C18H23N3O6S. The van der Waals surface area contributed by atoms with Gasteiger partial charge in [0.05, 0.1) is 16.6 Å². The fraction of sp³-hybridized carbons (Fsp3) is 0.389. The summed E-state index contributed by atoms with van der Waals surface area (Å²) in [6.07, 6.45) is 0. The van der Waals surface area contributed by atoms with E-state index < -0.39 is 34.5 Å². The van der Waals surface area contributed by atoms with Gasteiger partial charge in [0.15, 0.2) is 12.4 Å². The van der Waals surface area contributed by atoms with Crippen LogP contribution in [-0.4, -0.2) is 32.1 Å². The van der Waals surface area contributed by atoms with Crippen LogP contribution in [0.25, 0.3) is 0 Å². The molecule has 0 spiro atoms. The molecule has 1 heterocycles. The van der Waals surface area contributed by atoms with Crippen LogP contribution in [0.1, 0.15) is 60.1 Å². The van der Waals surface area contributed by atoms with Crippen molar-refractivity contribution in [1.29, 1.82) is 0 Å². The van der Waals surface area contributed by atoms with E-state index in [1.54, 1.807) is 26.0 Å². The Labute approximate surface area is 163 Å². The Morgan fingerprint density at radius 2 is 1.82 bits per heavy atom. The highest BCUT2D eigenvalue weighted by molar-refractivity contribution is 7.89. The molecule has 1 atom stereocenters. The smallest absolute Gasteiger partial charge is 0.344 e. The van der Waals surface area contributed by atoms with E-state index in [1.165, 1.54) is 12.1 Å². The van der Waals surface area contributed by atoms with Crippen molar-refractivity contribution < 1.29 is 27.3 Å². The molecule has 0 aliphatic carbocycles. The predicted octanol–water partition coefficient (Wildman–Crippen LogP) is 1.79. The number of hydrogen-bond acceptors (Lipinski definition) is 7. The number of sulfonamides is 1. The number of esters is 1. The number of hydrogen-bond donors (Lipinski definition) is 2. The molecule has 0 saturated heterocycles. The summed E-state index contributed by atoms with van der Waals surface area (Å²) in [5.41, 5.74) is 1.30. The minimum atomic E-state index is -3.78. The molecule has 2 rings (SSSR count). The summed E-state index contributed by atoms with van der Waals surface area (Å²) in [4.78, 5) is 24.3. The first kappa shape index (κ1) is 21.6. The second kappa shape index (κ2) is 8.53. The molecular weight excluding hydrogens is 386 g/mol. The van der Waals surface area contributed by atoms with E-state index in [2.05, 4.69) is 10.5 Å². The molecule has 28 heavy (non-hydrogen) atoms. The molecule has 0 saturated carbocycles. The molecule has 0 bridgehead atoms. The number of amides is 1. The average Bonchev–Trinajstić information content (AvgIpc) is 3.01. The van der Waals surface area contributed by atoms with E-state index in [1.807, 2.05) is 13.8 Å². The number of primary sulfonamides is 1. The van der Waals surface area contributed by atoms with Crippen molar-refractivity contribution >= 4 is 21.9 Å². The molecule has 0 fully saturated rings. The third kappa shape index (κ3) is 5.17. The van der Waals surface area contributed by atoms with Gasteiger partial charge in [-0.3, -0.25) is 4.79 Å². The molecule has 10 heteroatoms. The van der Waals surface area contributed by atoms with Crippen LogP contribution < -0.4 is 10.5 Å². The Balaban J connectivity index is 1.95. The number of carbonyl (C=O) groups is 2. The molecule has 152 valence electrons. The lowest BCUT2D eigenvalue weighted by atomic mass is 10.1. The normalized spacial score (nSPS) is 12.6. The van der Waals surface area contributed by atoms with Crippen LogP contribution in [0, 0.1) is 6.92 Å². The third-order valence-corrected chi connectivity index (χ3v) is 4.97. The molecule has 0 unspecified atom stereocenters. The summed E-state index contributed by atoms with van der Waals surface area (Å²) in [6, 6.07) is 5.38. The van der Waals surface area contributed by atoms with Gasteiger partial charge in [-0.25, -0.2) is 18.4 Å². The van der Waals surface area contributed by atoms with Crippen LogP contribution in [0.4, 0.5) is 0 Å². The van der Waals surface area contributed by atoms with Crippen molar-refractivity contribution in [3.8, 4) is 0 Å². The SMILES string of the molecule is Cc1noc(C(C)C)c1C(=O)OCC(=O)N[C@@H](C)c1ccc(S(N)(=O)=O)cc1. The topological polar surface area (TPSA) is 142 Å². The first-order valence-electron chi connectivity index (χ1n) is 8.56. The van der Waals surface area contributed by atoms with Gasteiger partial charge in [0.1, 0.15) is 5.56 Å². The Morgan fingerprint density at radius 3 is 2.36 bits per heavy atom. The van der Waals surface area contributed by atoms with Gasteiger partial charge in [-0.1, -0.05) is 31.1 Å². The summed E-state index contributed by atoms with van der Waals surface area (Å²) in [7, 11) is -3.78. The first-order valence-corrected chi connectivity index (χ1v) is 10.1. The molecule has 3 N–H and O–H groups in total. The molecule has 2 aromatic rings. The number of aryl methyl sites for hydroxylation is 1. The molecule has 9 nitrogen and oxygen atoms in total. The van der Waals surface area contributed by atoms with Crippen molar-refractivity contribution in [3.63, 3.8) is 0 Å². The van der Waals surface area contributed by atoms with E-state index in [9.17, 15) is 18.0 Å². The van der Waals surface area contributed by atoms with Crippen LogP contribution in [-0.2, 0) is 19.6 Å². The number of benzene rings is 1. The number of rotatable bonds is 7. The van der Waals surface area contributed by atoms with Crippen molar-refractivity contribution in [2.24, 2.45) is 5.14 Å². The van der Waals surface area contributed by atoms with Crippen LogP contribution >= 0.6 is 0 Å². The third-order valence-electron chi connectivity index (χ3n) is 4.04. The van der Waals surface area contributed by atoms with E-state index in [0.29, 0.717) is 17.0 Å². The lowest BCUT2D eigenvalue weighted by molar-refractivity contribution is -0.124. The van der Waals surface area contributed by atoms with E-state index in [0.717, 1.165) is 0 Å². The van der Waals surface area contributed by atoms with Gasteiger partial charge in [0, 0.05) is 5.92 Å². The maximum absolute atomic E-state index is 12.3. The lowest BCUT2D eigenvalue weighted by Gasteiger charge is -2.15. The summed E-state index contributed by atoms with van der Waals surface area (Å²) in [5.74, 6) is -0.830. The fourth-order valence-corrected chi connectivity index (χ4v) is 3.06. The lowest BCUT2D eigenvalue weighted by Crippen LogP contribution is -2.31. The van der Waals surface area contributed by atoms with Crippen LogP contribution in [0.5, 0.6) is 0 Å². The second-order valence-electron chi connectivity index (χ2n) is 6.64. The minimum Gasteiger partial charge on any atom is -0.452 e. The van der Waals surface area contributed by atoms with Crippen LogP contribution in [0.15, 0.2) is 33.7 Å². The van der Waals surface area contributed by atoms with Crippen molar-refractivity contribution in [2.45, 2.75) is 44.6 Å². The number of nitrogens with zero attached hydrogens (tertiary/aromatic N) is 1. The zero-order valence-electron chi connectivity index (χ0n) is 16.1. The monoisotopic (exact) mass is 409 g/mol. The number of nitrogens with two attached hydrogens (primary N) is 1. The number of ether oxygens (including phenoxy) is 1. The van der Waals surface area contributed by atoms with Gasteiger partial charge in [0.25, 0.3) is 5.91 Å². The molecule has 0 radical (unpaired) electrons. The second-order valence-corrected chi connectivity index (χ2v) is 8.20. The number of carbonyl (C=O) groups excluding carboxylic acids is 2. The van der Waals surface area contributed by atoms with E-state index in [4.69, 9.17) is 14.4 Å². The maximum Gasteiger partial charge on any atom is 0.344 e. The standard InChI is InChI=1S/C18H23N3O6S/c1-10(2)17-16(12(4)21-27-17)18(23)26-9-15(22)20-11(3)13-5-7-14(8-6-13)28(19,24)25/h5-8,10-11H,9H2,1-4H3,(H,20,22)(H2,19,24,25)/t11-/m0/s1. The highest BCUT2D eigenvalue weighted by Crippen LogP contribution is 2.23. The zero-order valence-corrected chi connectivity index (χ0v) is 16.9. The molecule has 1 aromatic carbocycles.